The highest BCUT2D eigenvalue weighted by Crippen LogP contribution is 2.12. The molecule has 0 N–H and O–H groups in total. The molecule has 0 aliphatic carbocycles. The topological polar surface area (TPSA) is 92.1 Å². The summed E-state index contributed by atoms with van der Waals surface area (Å²) in [5.41, 5.74) is 4.46. The monoisotopic (exact) mass is 331 g/mol. The Morgan fingerprint density at radius 1 is 0.680 bits per heavy atom. The Morgan fingerprint density at radius 3 is 2.08 bits per heavy atom. The molecule has 0 saturated carbocycles. The van der Waals surface area contributed by atoms with Gasteiger partial charge in [0.1, 0.15) is 23.4 Å². The number of fused-ring (bicyclic) bond motifs is 2. The second-order valence-electron chi connectivity index (χ2n) is 5.70. The summed E-state index contributed by atoms with van der Waals surface area (Å²) >= 11 is 0. The molecule has 0 bridgehead atoms. The van der Waals surface area contributed by atoms with Gasteiger partial charge in [0.15, 0.2) is 0 Å². The van der Waals surface area contributed by atoms with E-state index in [0.717, 1.165) is 27.8 Å². The van der Waals surface area contributed by atoms with Gasteiger partial charge < -0.3 is 0 Å². The first-order valence-electron chi connectivity index (χ1n) is 7.82. The Morgan fingerprint density at radius 2 is 1.32 bits per heavy atom. The van der Waals surface area contributed by atoms with Gasteiger partial charge in [0.25, 0.3) is 0 Å². The van der Waals surface area contributed by atoms with Gasteiger partial charge in [-0.25, -0.2) is 14.0 Å². The van der Waals surface area contributed by atoms with E-state index in [1.165, 1.54) is 0 Å². The van der Waals surface area contributed by atoms with E-state index in [9.17, 15) is 0 Å². The summed E-state index contributed by atoms with van der Waals surface area (Å²) < 4.78 is 5.34. The zero-order chi connectivity index (χ0) is 16.6. The zero-order valence-corrected chi connectivity index (χ0v) is 13.1. The Balaban J connectivity index is 1.40. The molecule has 3 heterocycles. The minimum absolute atomic E-state index is 0.450. The standard InChI is InChI=1S/C16H13N9/c1-3-7-15-13(5-1)18-21-24(15)10-12-9-23(20-17-12)11-25-16-8-4-2-6-14(16)19-22-25/h1-9H,10-11H2. The van der Waals surface area contributed by atoms with Crippen molar-refractivity contribution < 1.29 is 0 Å². The Hall–Kier alpha value is -3.62. The quantitative estimate of drug-likeness (QED) is 0.493. The van der Waals surface area contributed by atoms with E-state index in [1.54, 1.807) is 9.36 Å². The van der Waals surface area contributed by atoms with Crippen LogP contribution in [0.4, 0.5) is 0 Å². The molecule has 0 unspecified atom stereocenters. The average Bonchev–Trinajstić information content (AvgIpc) is 3.36. The maximum absolute atomic E-state index is 4.22. The van der Waals surface area contributed by atoms with Crippen LogP contribution in [0.3, 0.4) is 0 Å². The number of para-hydroxylation sites is 2. The molecule has 122 valence electrons. The first-order valence-corrected chi connectivity index (χ1v) is 7.82. The maximum atomic E-state index is 4.22. The molecule has 0 aliphatic rings. The summed E-state index contributed by atoms with van der Waals surface area (Å²) in [7, 11) is 0. The number of hydrogen-bond donors (Lipinski definition) is 0. The minimum Gasteiger partial charge on any atom is -0.239 e. The Bertz CT molecular complexity index is 1080. The summed E-state index contributed by atoms with van der Waals surface area (Å²) in [5.74, 6) is 0. The van der Waals surface area contributed by atoms with E-state index in [-0.39, 0.29) is 0 Å². The molecular formula is C16H13N9. The van der Waals surface area contributed by atoms with E-state index in [4.69, 9.17) is 0 Å². The third kappa shape index (κ3) is 2.42. The largest absolute Gasteiger partial charge is 0.239 e. The fourth-order valence-electron chi connectivity index (χ4n) is 2.83. The molecule has 0 saturated heterocycles. The van der Waals surface area contributed by atoms with Crippen LogP contribution in [0, 0.1) is 0 Å². The van der Waals surface area contributed by atoms with Gasteiger partial charge in [-0.05, 0) is 24.3 Å². The lowest BCUT2D eigenvalue weighted by atomic mass is 10.3. The van der Waals surface area contributed by atoms with Crippen molar-refractivity contribution in [3.8, 4) is 0 Å². The first kappa shape index (κ1) is 13.8. The number of nitrogens with zero attached hydrogens (tertiary/aromatic N) is 9. The normalized spacial score (nSPS) is 11.5. The summed E-state index contributed by atoms with van der Waals surface area (Å²) in [6.07, 6.45) is 1.88. The molecule has 0 aliphatic heterocycles. The third-order valence-electron chi connectivity index (χ3n) is 4.02. The molecule has 9 heteroatoms. The van der Waals surface area contributed by atoms with Gasteiger partial charge in [0, 0.05) is 0 Å². The van der Waals surface area contributed by atoms with E-state index in [0.29, 0.717) is 13.2 Å². The van der Waals surface area contributed by atoms with Crippen molar-refractivity contribution in [2.24, 2.45) is 0 Å². The van der Waals surface area contributed by atoms with E-state index >= 15 is 0 Å². The molecule has 5 rings (SSSR count). The van der Waals surface area contributed by atoms with Gasteiger partial charge >= 0.3 is 0 Å². The average molecular weight is 331 g/mol. The van der Waals surface area contributed by atoms with Crippen LogP contribution in [0.25, 0.3) is 22.1 Å². The zero-order valence-electron chi connectivity index (χ0n) is 13.1. The van der Waals surface area contributed by atoms with Crippen molar-refractivity contribution in [1.29, 1.82) is 0 Å². The molecule has 25 heavy (non-hydrogen) atoms. The molecule has 0 radical (unpaired) electrons. The van der Waals surface area contributed by atoms with Crippen LogP contribution in [0.5, 0.6) is 0 Å². The number of benzene rings is 2. The molecule has 0 spiro atoms. The van der Waals surface area contributed by atoms with Crippen LogP contribution in [-0.4, -0.2) is 45.0 Å². The van der Waals surface area contributed by atoms with Gasteiger partial charge in [-0.3, -0.25) is 0 Å². The highest BCUT2D eigenvalue weighted by molar-refractivity contribution is 5.74. The van der Waals surface area contributed by atoms with Crippen molar-refractivity contribution in [1.82, 2.24) is 45.0 Å². The lowest BCUT2D eigenvalue weighted by molar-refractivity contribution is 0.489. The molecule has 0 fully saturated rings. The predicted molar refractivity (Wildman–Crippen MR) is 89.6 cm³/mol. The summed E-state index contributed by atoms with van der Waals surface area (Å²) in [5, 5.41) is 25.0. The minimum atomic E-state index is 0.450. The molecule has 9 nitrogen and oxygen atoms in total. The van der Waals surface area contributed by atoms with Crippen molar-refractivity contribution in [2.75, 3.05) is 0 Å². The summed E-state index contributed by atoms with van der Waals surface area (Å²) in [6, 6.07) is 15.7. The molecule has 0 amide bonds. The van der Waals surface area contributed by atoms with Crippen LogP contribution in [0.15, 0.2) is 54.7 Å². The first-order chi connectivity index (χ1) is 12.4. The number of aromatic nitrogens is 9. The van der Waals surface area contributed by atoms with Crippen LogP contribution in [0.2, 0.25) is 0 Å². The van der Waals surface area contributed by atoms with Crippen molar-refractivity contribution in [2.45, 2.75) is 13.2 Å². The predicted octanol–water partition coefficient (Wildman–Crippen LogP) is 1.32. The van der Waals surface area contributed by atoms with E-state index < -0.39 is 0 Å². The Labute approximate surface area is 141 Å². The SMILES string of the molecule is c1ccc2c(c1)nnn2Cc1cn(Cn2nnc3ccccc32)nn1. The second-order valence-corrected chi connectivity index (χ2v) is 5.70. The second kappa shape index (κ2) is 5.48. The van der Waals surface area contributed by atoms with Gasteiger partial charge in [0.2, 0.25) is 0 Å². The molecular weight excluding hydrogens is 318 g/mol. The van der Waals surface area contributed by atoms with Crippen LogP contribution in [0.1, 0.15) is 5.69 Å². The number of rotatable bonds is 4. The lowest BCUT2D eigenvalue weighted by Crippen LogP contribution is -2.10. The lowest BCUT2D eigenvalue weighted by Gasteiger charge is -2.01. The molecule has 5 aromatic rings. The summed E-state index contributed by atoms with van der Waals surface area (Å²) in [4.78, 5) is 0. The van der Waals surface area contributed by atoms with Crippen molar-refractivity contribution in [3.05, 3.63) is 60.4 Å². The van der Waals surface area contributed by atoms with Gasteiger partial charge in [-0.2, -0.15) is 0 Å². The smallest absolute Gasteiger partial charge is 0.137 e. The van der Waals surface area contributed by atoms with E-state index in [1.807, 2.05) is 59.4 Å². The maximum Gasteiger partial charge on any atom is 0.137 e. The molecule has 0 atom stereocenters. The third-order valence-corrected chi connectivity index (χ3v) is 4.02. The van der Waals surface area contributed by atoms with Crippen molar-refractivity contribution in [3.63, 3.8) is 0 Å². The van der Waals surface area contributed by atoms with Crippen molar-refractivity contribution >= 4 is 22.1 Å². The van der Waals surface area contributed by atoms with Gasteiger partial charge in [-0.15, -0.1) is 15.3 Å². The van der Waals surface area contributed by atoms with Gasteiger partial charge in [-0.1, -0.05) is 39.9 Å². The van der Waals surface area contributed by atoms with Crippen LogP contribution >= 0.6 is 0 Å². The summed E-state index contributed by atoms with van der Waals surface area (Å²) in [6.45, 7) is 0.963. The molecule has 2 aromatic carbocycles. The number of hydrogen-bond acceptors (Lipinski definition) is 6. The Kier molecular flexibility index (Phi) is 3.02. The van der Waals surface area contributed by atoms with Gasteiger partial charge in [0.05, 0.1) is 23.8 Å². The highest BCUT2D eigenvalue weighted by atomic mass is 15.5. The van der Waals surface area contributed by atoms with E-state index in [2.05, 4.69) is 30.9 Å². The fraction of sp³-hybridized carbons (Fsp3) is 0.125. The highest BCUT2D eigenvalue weighted by Gasteiger charge is 2.09. The fourth-order valence-corrected chi connectivity index (χ4v) is 2.83. The van der Waals surface area contributed by atoms with Crippen LogP contribution < -0.4 is 0 Å². The van der Waals surface area contributed by atoms with Crippen LogP contribution in [-0.2, 0) is 13.2 Å². The molecule has 3 aromatic heterocycles.